The summed E-state index contributed by atoms with van der Waals surface area (Å²) in [6.45, 7) is 6.98. The van der Waals surface area contributed by atoms with E-state index in [0.717, 1.165) is 5.56 Å². The quantitative estimate of drug-likeness (QED) is 0.471. The molecule has 4 nitrogen and oxygen atoms in total. The molecule has 2 aromatic rings. The second-order valence-electron chi connectivity index (χ2n) is 5.48. The average Bonchev–Trinajstić information content (AvgIpc) is 2.64. The van der Waals surface area contributed by atoms with Crippen molar-refractivity contribution in [2.24, 2.45) is 0 Å². The topological polar surface area (TPSA) is 44.8 Å². The van der Waals surface area contributed by atoms with Crippen LogP contribution in [0.2, 0.25) is 0 Å². The van der Waals surface area contributed by atoms with Crippen LogP contribution in [0.4, 0.5) is 0 Å². The van der Waals surface area contributed by atoms with Gasteiger partial charge < -0.3 is 13.3 Å². The molecule has 0 amide bonds. The van der Waals surface area contributed by atoms with Gasteiger partial charge in [0.05, 0.1) is 0 Å². The summed E-state index contributed by atoms with van der Waals surface area (Å²) in [5.74, 6) is -0.0335. The third kappa shape index (κ3) is 4.64. The lowest BCUT2D eigenvalue weighted by Gasteiger charge is -2.34. The van der Waals surface area contributed by atoms with Gasteiger partial charge in [-0.3, -0.25) is 4.79 Å². The van der Waals surface area contributed by atoms with E-state index in [1.807, 2.05) is 81.4 Å². The van der Waals surface area contributed by atoms with Crippen LogP contribution in [0.3, 0.4) is 0 Å². The molecule has 0 spiro atoms. The minimum Gasteiger partial charge on any atom is -0.373 e. The Morgan fingerprint density at radius 1 is 0.800 bits per heavy atom. The molecule has 0 aromatic heterocycles. The Morgan fingerprint density at radius 3 is 1.68 bits per heavy atom. The number of Topliss-reactive ketones (excluding diaryl/α,β-unsaturated/α-hetero) is 1. The normalized spacial score (nSPS) is 12.8. The predicted molar refractivity (Wildman–Crippen MR) is 101 cm³/mol. The van der Waals surface area contributed by atoms with E-state index in [4.69, 9.17) is 13.3 Å². The highest BCUT2D eigenvalue weighted by Crippen LogP contribution is 2.33. The highest BCUT2D eigenvalue weighted by Gasteiger charge is 2.53. The lowest BCUT2D eigenvalue weighted by molar-refractivity contribution is 0.0575. The molecule has 2 rings (SSSR count). The highest BCUT2D eigenvalue weighted by atomic mass is 28.4. The van der Waals surface area contributed by atoms with Crippen molar-refractivity contribution in [2.45, 2.75) is 26.3 Å². The summed E-state index contributed by atoms with van der Waals surface area (Å²) in [7, 11) is -3.26. The molecule has 0 saturated heterocycles. The summed E-state index contributed by atoms with van der Waals surface area (Å²) in [6, 6.07) is 18.9. The summed E-state index contributed by atoms with van der Waals surface area (Å²) in [5, 5.41) is 0. The maximum absolute atomic E-state index is 13.4. The number of benzene rings is 2. The SMILES string of the molecule is CCO[Si](OCC)(OCC)C(C(=O)c1ccccc1)c1ccccc1. The molecule has 2 aromatic carbocycles. The van der Waals surface area contributed by atoms with E-state index in [9.17, 15) is 4.79 Å². The van der Waals surface area contributed by atoms with E-state index in [0.29, 0.717) is 25.4 Å². The standard InChI is InChI=1S/C20H26O4Si/c1-4-22-25(23-5-2,24-6-3)20(18-15-11-8-12-16-18)19(21)17-13-9-7-10-14-17/h7-16,20H,4-6H2,1-3H3. The Labute approximate surface area is 151 Å². The molecule has 0 radical (unpaired) electrons. The molecular formula is C20H26O4Si. The summed E-state index contributed by atoms with van der Waals surface area (Å²) >= 11 is 0. The number of rotatable bonds is 10. The second kappa shape index (κ2) is 9.63. The molecule has 1 atom stereocenters. The maximum atomic E-state index is 13.4. The summed E-state index contributed by atoms with van der Waals surface area (Å²) in [5.41, 5.74) is 0.904. The Bertz CT molecular complexity index is 628. The first-order valence-corrected chi connectivity index (χ1v) is 10.5. The number of hydrogen-bond donors (Lipinski definition) is 0. The van der Waals surface area contributed by atoms with Crippen molar-refractivity contribution in [3.63, 3.8) is 0 Å². The summed E-state index contributed by atoms with van der Waals surface area (Å²) in [4.78, 5) is 13.4. The van der Waals surface area contributed by atoms with Crippen LogP contribution in [0, 0.1) is 0 Å². The fourth-order valence-electron chi connectivity index (χ4n) is 2.91. The second-order valence-corrected chi connectivity index (χ2v) is 8.13. The van der Waals surface area contributed by atoms with Gasteiger partial charge in [-0.2, -0.15) is 0 Å². The molecule has 25 heavy (non-hydrogen) atoms. The molecule has 0 aliphatic rings. The summed E-state index contributed by atoms with van der Waals surface area (Å²) < 4.78 is 18.1. The Kier molecular flexibility index (Phi) is 7.52. The minimum absolute atomic E-state index is 0.0335. The van der Waals surface area contributed by atoms with E-state index in [1.54, 1.807) is 0 Å². The molecule has 1 unspecified atom stereocenters. The first kappa shape index (κ1) is 19.5. The van der Waals surface area contributed by atoms with Crippen LogP contribution in [0.15, 0.2) is 60.7 Å². The van der Waals surface area contributed by atoms with E-state index in [-0.39, 0.29) is 5.78 Å². The van der Waals surface area contributed by atoms with E-state index < -0.39 is 14.3 Å². The molecule has 134 valence electrons. The molecule has 0 aliphatic heterocycles. The van der Waals surface area contributed by atoms with Crippen LogP contribution in [0.1, 0.15) is 42.2 Å². The van der Waals surface area contributed by atoms with Crippen LogP contribution in [-0.2, 0) is 13.3 Å². The average molecular weight is 359 g/mol. The fourth-order valence-corrected chi connectivity index (χ4v) is 5.95. The van der Waals surface area contributed by atoms with Crippen molar-refractivity contribution < 1.29 is 18.1 Å². The molecule has 0 bridgehead atoms. The monoisotopic (exact) mass is 358 g/mol. The van der Waals surface area contributed by atoms with Gasteiger partial charge in [0.2, 0.25) is 0 Å². The van der Waals surface area contributed by atoms with E-state index in [1.165, 1.54) is 0 Å². The van der Waals surface area contributed by atoms with Gasteiger partial charge in [0.15, 0.2) is 5.78 Å². The Morgan fingerprint density at radius 2 is 1.24 bits per heavy atom. The maximum Gasteiger partial charge on any atom is 0.516 e. The van der Waals surface area contributed by atoms with Crippen molar-refractivity contribution in [2.75, 3.05) is 19.8 Å². The van der Waals surface area contributed by atoms with E-state index in [2.05, 4.69) is 0 Å². The zero-order chi connectivity index (χ0) is 18.1. The van der Waals surface area contributed by atoms with Gasteiger partial charge in [0, 0.05) is 25.4 Å². The Balaban J connectivity index is 2.57. The zero-order valence-electron chi connectivity index (χ0n) is 15.1. The van der Waals surface area contributed by atoms with Gasteiger partial charge >= 0.3 is 8.80 Å². The smallest absolute Gasteiger partial charge is 0.373 e. The molecule has 0 saturated carbocycles. The van der Waals surface area contributed by atoms with Crippen molar-refractivity contribution in [1.29, 1.82) is 0 Å². The van der Waals surface area contributed by atoms with Crippen molar-refractivity contribution in [3.05, 3.63) is 71.8 Å². The fraction of sp³-hybridized carbons (Fsp3) is 0.350. The van der Waals surface area contributed by atoms with Gasteiger partial charge in [0.1, 0.15) is 5.54 Å². The minimum atomic E-state index is -3.26. The van der Waals surface area contributed by atoms with Crippen LogP contribution in [0.5, 0.6) is 0 Å². The third-order valence-corrected chi connectivity index (χ3v) is 7.22. The lowest BCUT2D eigenvalue weighted by atomic mass is 10.0. The van der Waals surface area contributed by atoms with E-state index >= 15 is 0 Å². The molecule has 5 heteroatoms. The van der Waals surface area contributed by atoms with Gasteiger partial charge in [-0.15, -0.1) is 0 Å². The molecular weight excluding hydrogens is 332 g/mol. The third-order valence-electron chi connectivity index (χ3n) is 3.84. The van der Waals surface area contributed by atoms with Crippen molar-refractivity contribution >= 4 is 14.6 Å². The summed E-state index contributed by atoms with van der Waals surface area (Å²) in [6.07, 6.45) is 0. The number of carbonyl (C=O) groups excluding carboxylic acids is 1. The van der Waals surface area contributed by atoms with Crippen LogP contribution < -0.4 is 0 Å². The van der Waals surface area contributed by atoms with Gasteiger partial charge in [-0.1, -0.05) is 60.7 Å². The number of carbonyl (C=O) groups is 1. The van der Waals surface area contributed by atoms with Gasteiger partial charge in [-0.05, 0) is 26.3 Å². The predicted octanol–water partition coefficient (Wildman–Crippen LogP) is 4.24. The van der Waals surface area contributed by atoms with Crippen molar-refractivity contribution in [1.82, 2.24) is 0 Å². The molecule has 0 N–H and O–H groups in total. The molecule has 0 aliphatic carbocycles. The molecule has 0 fully saturated rings. The highest BCUT2D eigenvalue weighted by molar-refractivity contribution is 6.67. The Hall–Kier alpha value is -1.79. The van der Waals surface area contributed by atoms with Crippen molar-refractivity contribution in [3.8, 4) is 0 Å². The first-order chi connectivity index (χ1) is 12.2. The van der Waals surface area contributed by atoms with Crippen LogP contribution >= 0.6 is 0 Å². The molecule has 0 heterocycles. The largest absolute Gasteiger partial charge is 0.516 e. The zero-order valence-corrected chi connectivity index (χ0v) is 16.1. The number of ketones is 1. The van der Waals surface area contributed by atoms with Gasteiger partial charge in [-0.25, -0.2) is 0 Å². The van der Waals surface area contributed by atoms with Crippen LogP contribution in [0.25, 0.3) is 0 Å². The lowest BCUT2D eigenvalue weighted by Crippen LogP contribution is -2.54. The first-order valence-electron chi connectivity index (χ1n) is 8.74. The number of hydrogen-bond acceptors (Lipinski definition) is 4. The van der Waals surface area contributed by atoms with Gasteiger partial charge in [0.25, 0.3) is 0 Å². The van der Waals surface area contributed by atoms with Crippen LogP contribution in [-0.4, -0.2) is 34.4 Å².